The molecule has 0 radical (unpaired) electrons. The molecule has 0 aliphatic carbocycles. The average Bonchev–Trinajstić information content (AvgIpc) is 0.753. The van der Waals surface area contributed by atoms with Gasteiger partial charge >= 0.3 is 64.1 Å². The number of esters is 9. The summed E-state index contributed by atoms with van der Waals surface area (Å²) in [5, 5.41) is 0. The fourth-order valence-electron chi connectivity index (χ4n) is 12.1. The van der Waals surface area contributed by atoms with Gasteiger partial charge in [0.15, 0.2) is 55.3 Å². The van der Waals surface area contributed by atoms with Crippen molar-refractivity contribution in [2.24, 2.45) is 0 Å². The second kappa shape index (κ2) is 37.3. The third-order valence-electron chi connectivity index (χ3n) is 17.5. The molecule has 3 heterocycles. The first-order chi connectivity index (χ1) is 54.3. The maximum absolute atomic E-state index is 15.3. The Bertz CT molecular complexity index is 4810. The van der Waals surface area contributed by atoms with E-state index in [4.69, 9.17) is 80.0 Å². The summed E-state index contributed by atoms with van der Waals surface area (Å²) in [6.07, 6.45) is -34.8. The molecule has 15 atom stereocenters. The van der Waals surface area contributed by atoms with Crippen LogP contribution in [0.2, 0.25) is 0 Å². The summed E-state index contributed by atoms with van der Waals surface area (Å²) in [6, 6.07) is 63.9. The quantitative estimate of drug-likeness (QED) is 0.0271. The third-order valence-corrected chi connectivity index (χ3v) is 18.0. The van der Waals surface area contributed by atoms with E-state index in [0.29, 0.717) is 5.75 Å². The number of carbonyl (C=O) groups excluding carboxylic acids is 9. The van der Waals surface area contributed by atoms with Crippen molar-refractivity contribution in [3.05, 3.63) is 311 Å². The van der Waals surface area contributed by atoms with Crippen LogP contribution in [0.4, 0.5) is 0 Å². The Kier molecular flexibility index (Phi) is 26.3. The van der Waals surface area contributed by atoms with Crippen LogP contribution in [0.15, 0.2) is 267 Å². The lowest BCUT2D eigenvalue weighted by Gasteiger charge is -2.50. The van der Waals surface area contributed by atoms with Crippen molar-refractivity contribution in [1.82, 2.24) is 0 Å². The van der Waals surface area contributed by atoms with Gasteiger partial charge in [-0.25, -0.2) is 47.3 Å². The maximum Gasteiger partial charge on any atom is 0.397 e. The molecular formula is C82H70O29S. The predicted molar refractivity (Wildman–Crippen MR) is 385 cm³/mol. The van der Waals surface area contributed by atoms with Gasteiger partial charge in [-0.2, -0.15) is 8.42 Å². The number of hydrogen-bond donors (Lipinski definition) is 1. The molecule has 9 aromatic rings. The molecule has 3 aliphatic heterocycles. The van der Waals surface area contributed by atoms with Crippen molar-refractivity contribution in [1.29, 1.82) is 0 Å². The highest BCUT2D eigenvalue weighted by Crippen LogP contribution is 2.41. The van der Waals surface area contributed by atoms with Crippen LogP contribution in [0.5, 0.6) is 11.5 Å². The van der Waals surface area contributed by atoms with Crippen molar-refractivity contribution in [3.8, 4) is 11.5 Å². The number of carbonyl (C=O) groups is 9. The van der Waals surface area contributed by atoms with Gasteiger partial charge in [-0.05, 0) is 121 Å². The Balaban J connectivity index is 1.08. The first kappa shape index (κ1) is 79.0. The van der Waals surface area contributed by atoms with E-state index in [9.17, 15) is 46.5 Å². The first-order valence-corrected chi connectivity index (χ1v) is 36.0. The van der Waals surface area contributed by atoms with Gasteiger partial charge in [0.05, 0.1) is 58.7 Å². The monoisotopic (exact) mass is 1550 g/mol. The fourth-order valence-corrected chi connectivity index (χ4v) is 12.6. The number of methoxy groups -OCH3 is 2. The zero-order chi connectivity index (χ0) is 78.7. The van der Waals surface area contributed by atoms with Crippen molar-refractivity contribution < 1.29 is 136 Å². The molecule has 0 amide bonds. The van der Waals surface area contributed by atoms with Crippen LogP contribution in [0.3, 0.4) is 0 Å². The second-order valence-corrected chi connectivity index (χ2v) is 25.9. The van der Waals surface area contributed by atoms with E-state index in [-0.39, 0.29) is 50.3 Å². The molecular weight excluding hydrogens is 1480 g/mol. The van der Waals surface area contributed by atoms with Crippen molar-refractivity contribution in [2.45, 2.75) is 92.1 Å². The molecule has 3 aliphatic rings. The molecule has 3 saturated heterocycles. The Hall–Kier alpha value is -12.5. The predicted octanol–water partition coefficient (Wildman–Crippen LogP) is 9.45. The van der Waals surface area contributed by atoms with E-state index in [1.807, 2.05) is 0 Å². The van der Waals surface area contributed by atoms with Gasteiger partial charge in [-0.1, -0.05) is 146 Å². The second-order valence-electron chi connectivity index (χ2n) is 24.9. The lowest BCUT2D eigenvalue weighted by molar-refractivity contribution is -0.371. The minimum Gasteiger partial charge on any atom is -0.497 e. The molecule has 578 valence electrons. The molecule has 1 N–H and O–H groups in total. The summed E-state index contributed by atoms with van der Waals surface area (Å²) in [5.74, 6) is -10.4. The van der Waals surface area contributed by atoms with Crippen LogP contribution in [-0.4, -0.2) is 186 Å². The lowest BCUT2D eigenvalue weighted by Crippen LogP contribution is -2.69. The van der Waals surface area contributed by atoms with Crippen LogP contribution in [-0.2, 0) is 85.7 Å². The zero-order valence-electron chi connectivity index (χ0n) is 59.3. The molecule has 29 nitrogen and oxygen atoms in total. The Labute approximate surface area is 639 Å². The molecule has 12 rings (SSSR count). The van der Waals surface area contributed by atoms with Crippen LogP contribution in [0.1, 0.15) is 82.9 Å². The van der Waals surface area contributed by atoms with Gasteiger partial charge in [0.1, 0.15) is 55.2 Å². The maximum atomic E-state index is 15.3. The molecule has 0 spiro atoms. The average molecular weight is 1550 g/mol. The molecule has 0 bridgehead atoms. The zero-order valence-corrected chi connectivity index (χ0v) is 60.1. The van der Waals surface area contributed by atoms with Crippen molar-refractivity contribution in [3.63, 3.8) is 0 Å². The van der Waals surface area contributed by atoms with Crippen LogP contribution in [0.25, 0.3) is 0 Å². The Morgan fingerprint density at radius 2 is 0.589 bits per heavy atom. The van der Waals surface area contributed by atoms with E-state index in [2.05, 4.69) is 0 Å². The standard InChI is InChI=1S/C82H70O29S/c1-95-57-43-45-58(46-44-57)99-80-68(105-76(88)54-37-21-8-22-38-54)63(61(102-73(85)51-31-15-5-16-32-51)59(100-80)47-97-71(83)49-27-11-3-12-28-49)108-81-69(106-77(89)55-39-23-9-24-40-55)64(62(111-112(92,93)94)60(101-81)48-98-72(84)50-29-13-4-14-30-50)109-82-70(107-78(90)56-41-25-10-26-42-56)66(104-75(87)53-35-19-7-20-36-53)65(67(110-82)79(91)96-2)103-74(86)52-33-17-6-18-34-52/h3-46,59-70,80-82H,47-48H2,1-2H3,(H,92,93,94)/t59-,60-,61+,62+,63+,64+,65+,66+,67+,68-,69-,70-,80-,81+,82-/m1/s1. The SMILES string of the molecule is COC(=O)[C@H]1O[C@@H](O[C@H]2[C@@H](OS(=O)(=O)O)[C@@H](COC(=O)c3ccccc3)O[C@@H](O[C@H]3[C@@H](OC(=O)c4ccccc4)[C@@H](COC(=O)c4ccccc4)O[C@@H](Oc4ccc(OC)cc4)[C@@H]3OC(=O)c3ccccc3)[C@@H]2OC(=O)c2ccccc2)[C@H](OC(=O)c2ccccc2)[C@@H](OC(=O)c2ccccc2)[C@@H]1OC(=O)c1ccccc1. The number of hydrogen-bond acceptors (Lipinski definition) is 28. The molecule has 112 heavy (non-hydrogen) atoms. The summed E-state index contributed by atoms with van der Waals surface area (Å²) in [7, 11) is -3.65. The smallest absolute Gasteiger partial charge is 0.397 e. The van der Waals surface area contributed by atoms with E-state index in [0.717, 1.165) is 7.11 Å². The minimum absolute atomic E-state index is 0.0160. The number of ether oxygens (including phenoxy) is 16. The summed E-state index contributed by atoms with van der Waals surface area (Å²) in [5.41, 5.74) is -1.03. The Morgan fingerprint density at radius 1 is 0.312 bits per heavy atom. The van der Waals surface area contributed by atoms with Gasteiger partial charge in [0, 0.05) is 0 Å². The molecule has 30 heteroatoms. The topological polar surface area (TPSA) is 365 Å². The molecule has 0 aromatic heterocycles. The van der Waals surface area contributed by atoms with Crippen molar-refractivity contribution in [2.75, 3.05) is 27.4 Å². The van der Waals surface area contributed by atoms with E-state index >= 15 is 9.59 Å². The Morgan fingerprint density at radius 3 is 0.938 bits per heavy atom. The molecule has 9 aromatic carbocycles. The summed E-state index contributed by atoms with van der Waals surface area (Å²) in [4.78, 5) is 133. The number of benzene rings is 9. The van der Waals surface area contributed by atoms with Gasteiger partial charge in [-0.15, -0.1) is 0 Å². The largest absolute Gasteiger partial charge is 0.497 e. The van der Waals surface area contributed by atoms with Crippen LogP contribution >= 0.6 is 0 Å². The highest BCUT2D eigenvalue weighted by Gasteiger charge is 2.62. The van der Waals surface area contributed by atoms with Gasteiger partial charge in [0.25, 0.3) is 0 Å². The summed E-state index contributed by atoms with van der Waals surface area (Å²) in [6.45, 7) is -2.05. The fraction of sp³-hybridized carbons (Fsp3) is 0.232. The normalized spacial score (nSPS) is 23.3. The lowest BCUT2D eigenvalue weighted by atomic mass is 9.94. The molecule has 3 fully saturated rings. The first-order valence-electron chi connectivity index (χ1n) is 34.6. The van der Waals surface area contributed by atoms with Gasteiger partial charge < -0.3 is 75.8 Å². The molecule has 0 unspecified atom stereocenters. The minimum atomic E-state index is -5.96. The van der Waals surface area contributed by atoms with Crippen molar-refractivity contribution >= 4 is 64.1 Å². The highest BCUT2D eigenvalue weighted by atomic mass is 32.3. The third kappa shape index (κ3) is 20.1. The summed E-state index contributed by atoms with van der Waals surface area (Å²) >= 11 is 0. The summed E-state index contributed by atoms with van der Waals surface area (Å²) < 4.78 is 145. The highest BCUT2D eigenvalue weighted by molar-refractivity contribution is 7.80. The van der Waals surface area contributed by atoms with Gasteiger partial charge in [-0.3, -0.25) is 4.55 Å². The van der Waals surface area contributed by atoms with Crippen LogP contribution < -0.4 is 9.47 Å². The van der Waals surface area contributed by atoms with Crippen LogP contribution in [0, 0.1) is 0 Å². The van der Waals surface area contributed by atoms with Gasteiger partial charge in [0.2, 0.25) is 6.29 Å². The number of rotatable bonds is 28. The van der Waals surface area contributed by atoms with E-state index in [1.54, 1.807) is 54.6 Å². The molecule has 0 saturated carbocycles. The van der Waals surface area contributed by atoms with E-state index < -0.39 is 169 Å². The van der Waals surface area contributed by atoms with E-state index in [1.165, 1.54) is 219 Å².